The molecule has 2 aromatic rings. The molecule has 1 spiro atoms. The first-order chi connectivity index (χ1) is 16.2. The molecular formula is C24H35N7O4. The highest BCUT2D eigenvalue weighted by Crippen LogP contribution is 2.43. The molecule has 2 amide bonds. The number of ether oxygens (including phenoxy) is 2. The number of carbonyl (C=O) groups is 2. The van der Waals surface area contributed by atoms with Gasteiger partial charge in [0.15, 0.2) is 0 Å². The molecule has 0 unspecified atom stereocenters. The third-order valence-electron chi connectivity index (χ3n) is 6.12. The van der Waals surface area contributed by atoms with Gasteiger partial charge in [0.05, 0.1) is 18.3 Å². The van der Waals surface area contributed by atoms with E-state index in [-0.39, 0.29) is 6.09 Å². The smallest absolute Gasteiger partial charge is 0.416 e. The number of anilines is 1. The number of aromatic nitrogens is 5. The van der Waals surface area contributed by atoms with Gasteiger partial charge in [0.25, 0.3) is 0 Å². The maximum absolute atomic E-state index is 13.6. The lowest BCUT2D eigenvalue weighted by Crippen LogP contribution is -2.58. The van der Waals surface area contributed by atoms with Gasteiger partial charge in [0.2, 0.25) is 5.82 Å². The van der Waals surface area contributed by atoms with Gasteiger partial charge in [0.1, 0.15) is 17.0 Å². The summed E-state index contributed by atoms with van der Waals surface area (Å²) in [6.07, 6.45) is 1.12. The maximum atomic E-state index is 13.6. The molecule has 1 fully saturated rings. The molecule has 4 heterocycles. The lowest BCUT2D eigenvalue weighted by atomic mass is 9.84. The van der Waals surface area contributed by atoms with Crippen molar-refractivity contribution < 1.29 is 19.1 Å². The Bertz CT molecular complexity index is 1150. The second-order valence-corrected chi connectivity index (χ2v) is 11.4. The topological polar surface area (TPSA) is 116 Å². The van der Waals surface area contributed by atoms with Crippen LogP contribution in [0.2, 0.25) is 0 Å². The molecule has 2 aliphatic rings. The van der Waals surface area contributed by atoms with Crippen LogP contribution in [0.5, 0.6) is 0 Å². The standard InChI is InChI=1S/C24H35N7O4/c1-15-17(18-26-28-29(8)27-18)13-16-9-10-24(11-12-30(14-24)20(32)34-22(2,3)4)31(19(16)25-15)21(33)35-23(5,6)7/h13H,9-12,14H2,1-8H3/t24-/m0/s1. The van der Waals surface area contributed by atoms with Crippen molar-refractivity contribution in [2.24, 2.45) is 7.05 Å². The summed E-state index contributed by atoms with van der Waals surface area (Å²) in [4.78, 5) is 36.0. The van der Waals surface area contributed by atoms with Crippen molar-refractivity contribution in [2.75, 3.05) is 18.0 Å². The van der Waals surface area contributed by atoms with Gasteiger partial charge in [0, 0.05) is 18.7 Å². The number of rotatable bonds is 1. The fraction of sp³-hybridized carbons (Fsp3) is 0.667. The van der Waals surface area contributed by atoms with Crippen molar-refractivity contribution in [3.63, 3.8) is 0 Å². The minimum Gasteiger partial charge on any atom is -0.444 e. The highest BCUT2D eigenvalue weighted by atomic mass is 16.6. The summed E-state index contributed by atoms with van der Waals surface area (Å²) in [5.74, 6) is 1.04. The average molecular weight is 486 g/mol. The van der Waals surface area contributed by atoms with E-state index in [1.54, 1.807) is 16.8 Å². The molecule has 0 aliphatic carbocycles. The molecular weight excluding hydrogens is 450 g/mol. The number of fused-ring (bicyclic) bond motifs is 1. The number of aryl methyl sites for hydroxylation is 3. The van der Waals surface area contributed by atoms with Crippen LogP contribution in [0, 0.1) is 6.92 Å². The monoisotopic (exact) mass is 485 g/mol. The summed E-state index contributed by atoms with van der Waals surface area (Å²) in [6, 6.07) is 1.99. The van der Waals surface area contributed by atoms with E-state index in [0.717, 1.165) is 11.1 Å². The number of hydrogen-bond donors (Lipinski definition) is 0. The average Bonchev–Trinajstić information content (AvgIpc) is 3.32. The maximum Gasteiger partial charge on any atom is 0.416 e. The molecule has 11 nitrogen and oxygen atoms in total. The predicted molar refractivity (Wildman–Crippen MR) is 129 cm³/mol. The Kier molecular flexibility index (Phi) is 6.01. The van der Waals surface area contributed by atoms with E-state index in [2.05, 4.69) is 15.4 Å². The van der Waals surface area contributed by atoms with E-state index in [1.807, 2.05) is 54.5 Å². The highest BCUT2D eigenvalue weighted by molar-refractivity contribution is 5.91. The van der Waals surface area contributed by atoms with E-state index in [0.29, 0.717) is 49.7 Å². The molecule has 11 heteroatoms. The van der Waals surface area contributed by atoms with Crippen molar-refractivity contribution in [1.82, 2.24) is 30.1 Å². The second-order valence-electron chi connectivity index (χ2n) is 11.4. The fourth-order valence-corrected chi connectivity index (χ4v) is 4.65. The van der Waals surface area contributed by atoms with E-state index in [1.165, 1.54) is 4.80 Å². The third-order valence-corrected chi connectivity index (χ3v) is 6.12. The van der Waals surface area contributed by atoms with Crippen molar-refractivity contribution in [2.45, 2.75) is 84.5 Å². The molecule has 0 radical (unpaired) electrons. The van der Waals surface area contributed by atoms with Crippen molar-refractivity contribution in [3.05, 3.63) is 17.3 Å². The SMILES string of the molecule is Cc1nc2c(cc1-c1nnn(C)n1)CC[C@@]1(CCN(C(=O)OC(C)(C)C)C1)N2C(=O)OC(C)(C)C. The molecule has 1 atom stereocenters. The van der Waals surface area contributed by atoms with E-state index in [4.69, 9.17) is 14.5 Å². The van der Waals surface area contributed by atoms with Crippen LogP contribution in [-0.4, -0.2) is 72.1 Å². The predicted octanol–water partition coefficient (Wildman–Crippen LogP) is 3.65. The van der Waals surface area contributed by atoms with E-state index in [9.17, 15) is 9.59 Å². The summed E-state index contributed by atoms with van der Waals surface area (Å²) in [7, 11) is 1.71. The summed E-state index contributed by atoms with van der Waals surface area (Å²) in [5.41, 5.74) is 0.462. The van der Waals surface area contributed by atoms with Gasteiger partial charge in [-0.2, -0.15) is 4.80 Å². The van der Waals surface area contributed by atoms with Crippen LogP contribution in [-0.2, 0) is 22.9 Å². The highest BCUT2D eigenvalue weighted by Gasteiger charge is 2.52. The van der Waals surface area contributed by atoms with Crippen molar-refractivity contribution in [1.29, 1.82) is 0 Å². The van der Waals surface area contributed by atoms with Gasteiger partial charge in [-0.3, -0.25) is 4.90 Å². The first-order valence-corrected chi connectivity index (χ1v) is 11.9. The Morgan fingerprint density at radius 2 is 1.69 bits per heavy atom. The molecule has 0 saturated carbocycles. The molecule has 0 bridgehead atoms. The number of likely N-dealkylation sites (tertiary alicyclic amines) is 1. The lowest BCUT2D eigenvalue weighted by Gasteiger charge is -2.44. The number of hydrogen-bond acceptors (Lipinski definition) is 8. The normalized spacial score (nSPS) is 20.2. The number of carbonyl (C=O) groups excluding carboxylic acids is 2. The van der Waals surface area contributed by atoms with Gasteiger partial charge in [-0.25, -0.2) is 14.6 Å². The van der Waals surface area contributed by atoms with E-state index >= 15 is 0 Å². The van der Waals surface area contributed by atoms with Crippen LogP contribution in [0.25, 0.3) is 11.4 Å². The molecule has 35 heavy (non-hydrogen) atoms. The van der Waals surface area contributed by atoms with Gasteiger partial charge >= 0.3 is 12.2 Å². The molecule has 2 aromatic heterocycles. The summed E-state index contributed by atoms with van der Waals surface area (Å²) < 4.78 is 11.4. The third kappa shape index (κ3) is 5.08. The quantitative estimate of drug-likeness (QED) is 0.601. The lowest BCUT2D eigenvalue weighted by molar-refractivity contribution is 0.0272. The Hall–Kier alpha value is -3.24. The second kappa shape index (κ2) is 8.46. The van der Waals surface area contributed by atoms with Crippen LogP contribution >= 0.6 is 0 Å². The largest absolute Gasteiger partial charge is 0.444 e. The van der Waals surface area contributed by atoms with Crippen LogP contribution < -0.4 is 4.90 Å². The fourth-order valence-electron chi connectivity index (χ4n) is 4.65. The van der Waals surface area contributed by atoms with Gasteiger partial charge in [-0.15, -0.1) is 10.2 Å². The number of nitrogens with zero attached hydrogens (tertiary/aromatic N) is 7. The zero-order valence-electron chi connectivity index (χ0n) is 21.9. The number of pyridine rings is 1. The Balaban J connectivity index is 1.73. The Morgan fingerprint density at radius 3 is 2.29 bits per heavy atom. The van der Waals surface area contributed by atoms with E-state index < -0.39 is 22.8 Å². The van der Waals surface area contributed by atoms with Crippen molar-refractivity contribution in [3.8, 4) is 11.4 Å². The summed E-state index contributed by atoms with van der Waals surface area (Å²) in [5, 5.41) is 12.4. The van der Waals surface area contributed by atoms with Crippen LogP contribution in [0.3, 0.4) is 0 Å². The van der Waals surface area contributed by atoms with Gasteiger partial charge in [-0.05, 0) is 84.6 Å². The molecule has 2 aliphatic heterocycles. The number of amides is 2. The van der Waals surface area contributed by atoms with Gasteiger partial charge in [-0.1, -0.05) is 0 Å². The first-order valence-electron chi connectivity index (χ1n) is 11.9. The summed E-state index contributed by atoms with van der Waals surface area (Å²) >= 11 is 0. The molecule has 1 saturated heterocycles. The Labute approximate surface area is 205 Å². The minimum absolute atomic E-state index is 0.356. The van der Waals surface area contributed by atoms with Crippen molar-refractivity contribution >= 4 is 18.0 Å². The molecule has 0 N–H and O–H groups in total. The van der Waals surface area contributed by atoms with Gasteiger partial charge < -0.3 is 14.4 Å². The first kappa shape index (κ1) is 24.9. The Morgan fingerprint density at radius 1 is 1.03 bits per heavy atom. The summed E-state index contributed by atoms with van der Waals surface area (Å²) in [6.45, 7) is 13.8. The molecule has 0 aromatic carbocycles. The molecule has 190 valence electrons. The minimum atomic E-state index is -0.683. The zero-order chi connectivity index (χ0) is 25.8. The van der Waals surface area contributed by atoms with Crippen LogP contribution in [0.1, 0.15) is 65.6 Å². The number of tetrazole rings is 1. The van der Waals surface area contributed by atoms with Crippen LogP contribution in [0.4, 0.5) is 15.4 Å². The molecule has 4 rings (SSSR count). The zero-order valence-corrected chi connectivity index (χ0v) is 21.9. The van der Waals surface area contributed by atoms with Crippen LogP contribution in [0.15, 0.2) is 6.07 Å².